The molecule has 2 nitrogen and oxygen atoms in total. The largest absolute Gasteiger partial charge is 0.410 e. The van der Waals surface area contributed by atoms with E-state index in [9.17, 15) is 4.39 Å². The summed E-state index contributed by atoms with van der Waals surface area (Å²) < 4.78 is 84.6. The van der Waals surface area contributed by atoms with Gasteiger partial charge in [0, 0.05) is 33.9 Å². The van der Waals surface area contributed by atoms with Gasteiger partial charge in [-0.2, -0.15) is 0 Å². The van der Waals surface area contributed by atoms with Crippen LogP contribution in [0.2, 0.25) is 18.1 Å². The second-order valence-electron chi connectivity index (χ2n) is 15.3. The molecule has 2 aliphatic carbocycles. The number of nitrogens with zero attached hydrogens (tertiary/aromatic N) is 1. The van der Waals surface area contributed by atoms with Crippen LogP contribution in [0.5, 0.6) is 0 Å². The van der Waals surface area contributed by atoms with Crippen molar-refractivity contribution in [2.45, 2.75) is 123 Å². The number of benzene rings is 2. The van der Waals surface area contributed by atoms with Crippen LogP contribution in [0.1, 0.15) is 125 Å². The van der Waals surface area contributed by atoms with Crippen molar-refractivity contribution < 1.29 is 26.4 Å². The first kappa shape index (κ1) is 33.8. The average Bonchev–Trinajstić information content (AvgIpc) is 3.48. The number of pyridine rings is 1. The zero-order chi connectivity index (χ0) is 33.1. The first-order chi connectivity index (χ1) is 21.0. The highest BCUT2D eigenvalue weighted by Crippen LogP contribution is 2.54. The lowest BCUT2D eigenvalue weighted by atomic mass is 9.71. The van der Waals surface area contributed by atoms with Gasteiger partial charge in [-0.15, -0.1) is 0 Å². The summed E-state index contributed by atoms with van der Waals surface area (Å²) in [5.41, 5.74) is 1.87. The molecule has 0 amide bonds. The van der Waals surface area contributed by atoms with E-state index in [4.69, 9.17) is 9.41 Å². The highest BCUT2D eigenvalue weighted by molar-refractivity contribution is 6.74. The Balaban J connectivity index is 1.88. The molecule has 244 valence electrons. The molecule has 8 heteroatoms. The summed E-state index contributed by atoms with van der Waals surface area (Å²) in [5, 5.41) is -0.118. The molecule has 0 aliphatic heterocycles. The number of alkyl halides is 1. The maximum atomic E-state index is 17.3. The number of aromatic nitrogens is 1. The summed E-state index contributed by atoms with van der Waals surface area (Å²) in [6.45, 7) is 16.7. The van der Waals surface area contributed by atoms with Crippen molar-refractivity contribution in [3.63, 3.8) is 0 Å². The molecule has 1 fully saturated rings. The number of halogens is 5. The van der Waals surface area contributed by atoms with E-state index >= 15 is 17.6 Å². The molecule has 0 spiro atoms. The monoisotopic (exact) mass is 643 g/mol. The fourth-order valence-corrected chi connectivity index (χ4v) is 8.20. The minimum absolute atomic E-state index is 0.0668. The Labute approximate surface area is 265 Å². The molecular formula is C37H46F5NOSi. The maximum Gasteiger partial charge on any atom is 0.192 e. The van der Waals surface area contributed by atoms with Crippen molar-refractivity contribution in [2.75, 3.05) is 0 Å². The maximum absolute atomic E-state index is 17.3. The van der Waals surface area contributed by atoms with Gasteiger partial charge in [0.25, 0.3) is 0 Å². The second-order valence-corrected chi connectivity index (χ2v) is 20.1. The van der Waals surface area contributed by atoms with E-state index in [2.05, 4.69) is 47.7 Å². The average molecular weight is 644 g/mol. The first-order valence-electron chi connectivity index (χ1n) is 16.3. The summed E-state index contributed by atoms with van der Waals surface area (Å²) in [6, 6.07) is 6.63. The normalized spacial score (nSPS) is 19.5. The SMILES string of the molecule is CCc1c(F)cc(C(F)c2c(C3CCCC3)nc3c(c2-c2ccc(F)cc2)C(O[Si](C)(C)C(C)(C)C)CC(C)(C)C3)c(F)c1F. The lowest BCUT2D eigenvalue weighted by Crippen LogP contribution is -2.44. The molecule has 1 saturated carbocycles. The van der Waals surface area contributed by atoms with Crippen LogP contribution in [0.3, 0.4) is 0 Å². The molecule has 2 atom stereocenters. The Kier molecular flexibility index (Phi) is 9.17. The van der Waals surface area contributed by atoms with Gasteiger partial charge in [-0.3, -0.25) is 4.98 Å². The summed E-state index contributed by atoms with van der Waals surface area (Å²) in [7, 11) is -2.38. The molecule has 0 radical (unpaired) electrons. The topological polar surface area (TPSA) is 22.1 Å². The highest BCUT2D eigenvalue weighted by atomic mass is 28.4. The van der Waals surface area contributed by atoms with Crippen molar-refractivity contribution in [3.05, 3.63) is 87.2 Å². The lowest BCUT2D eigenvalue weighted by Gasteiger charge is -2.45. The Morgan fingerprint density at radius 3 is 2.20 bits per heavy atom. The van der Waals surface area contributed by atoms with Crippen molar-refractivity contribution in [3.8, 4) is 11.1 Å². The van der Waals surface area contributed by atoms with Crippen LogP contribution in [0.15, 0.2) is 30.3 Å². The molecule has 0 saturated heterocycles. The van der Waals surface area contributed by atoms with E-state index in [1.54, 1.807) is 12.1 Å². The summed E-state index contributed by atoms with van der Waals surface area (Å²) in [4.78, 5) is 5.20. The summed E-state index contributed by atoms with van der Waals surface area (Å²) >= 11 is 0. The minimum atomic E-state index is -2.38. The van der Waals surface area contributed by atoms with E-state index in [1.807, 2.05) is 0 Å². The zero-order valence-corrected chi connectivity index (χ0v) is 28.8. The molecule has 3 aromatic rings. The number of hydrogen-bond donors (Lipinski definition) is 0. The van der Waals surface area contributed by atoms with Crippen LogP contribution < -0.4 is 0 Å². The number of fused-ring (bicyclic) bond motifs is 1. The van der Waals surface area contributed by atoms with Crippen molar-refractivity contribution in [1.82, 2.24) is 4.98 Å². The van der Waals surface area contributed by atoms with E-state index in [-0.39, 0.29) is 28.4 Å². The molecule has 45 heavy (non-hydrogen) atoms. The smallest absolute Gasteiger partial charge is 0.192 e. The van der Waals surface area contributed by atoms with Gasteiger partial charge >= 0.3 is 0 Å². The summed E-state index contributed by atoms with van der Waals surface area (Å²) in [5.74, 6) is -4.28. The predicted molar refractivity (Wildman–Crippen MR) is 173 cm³/mol. The van der Waals surface area contributed by atoms with E-state index in [1.165, 1.54) is 19.1 Å². The van der Waals surface area contributed by atoms with Crippen LogP contribution in [-0.2, 0) is 17.3 Å². The van der Waals surface area contributed by atoms with Gasteiger partial charge in [0.05, 0.1) is 11.8 Å². The van der Waals surface area contributed by atoms with Gasteiger partial charge in [0.15, 0.2) is 26.1 Å². The molecule has 0 N–H and O–H groups in total. The van der Waals surface area contributed by atoms with Crippen molar-refractivity contribution >= 4 is 8.32 Å². The van der Waals surface area contributed by atoms with Crippen LogP contribution >= 0.6 is 0 Å². The Morgan fingerprint density at radius 2 is 1.62 bits per heavy atom. The molecule has 1 heterocycles. The van der Waals surface area contributed by atoms with Gasteiger partial charge < -0.3 is 4.43 Å². The van der Waals surface area contributed by atoms with Gasteiger partial charge in [-0.05, 0) is 85.0 Å². The van der Waals surface area contributed by atoms with Crippen molar-refractivity contribution in [2.24, 2.45) is 5.41 Å². The predicted octanol–water partition coefficient (Wildman–Crippen LogP) is 11.6. The molecule has 2 aliphatic rings. The Morgan fingerprint density at radius 1 is 1.00 bits per heavy atom. The summed E-state index contributed by atoms with van der Waals surface area (Å²) in [6.07, 6.45) is 1.97. The minimum Gasteiger partial charge on any atom is -0.410 e. The first-order valence-corrected chi connectivity index (χ1v) is 19.2. The van der Waals surface area contributed by atoms with Gasteiger partial charge in [0.1, 0.15) is 11.6 Å². The molecule has 2 unspecified atom stereocenters. The van der Waals surface area contributed by atoms with Gasteiger partial charge in [-0.25, -0.2) is 22.0 Å². The molecular weight excluding hydrogens is 597 g/mol. The van der Waals surface area contributed by atoms with Crippen molar-refractivity contribution in [1.29, 1.82) is 0 Å². The Hall–Kier alpha value is -2.58. The number of rotatable bonds is 7. The molecule has 2 aromatic carbocycles. The Bertz CT molecular complexity index is 1570. The standard InChI is InChI=1S/C37H46F5NOSi/c1-9-24-26(39)18-25(34(42)33(24)41)32(40)31-29(21-14-16-23(38)17-15-21)30-27(43-35(31)22-12-10-11-13-22)19-37(5,6)20-28(30)44-45(7,8)36(2,3)4/h14-18,22,28,32H,9-13,19-20H2,1-8H3. The second kappa shape index (κ2) is 12.2. The zero-order valence-electron chi connectivity index (χ0n) is 27.8. The van der Waals surface area contributed by atoms with Crippen LogP contribution in [-0.4, -0.2) is 13.3 Å². The third kappa shape index (κ3) is 6.38. The highest BCUT2D eigenvalue weighted by Gasteiger charge is 2.45. The number of hydrogen-bond acceptors (Lipinski definition) is 2. The lowest BCUT2D eigenvalue weighted by molar-refractivity contribution is 0.106. The van der Waals surface area contributed by atoms with E-state index in [0.29, 0.717) is 29.7 Å². The third-order valence-electron chi connectivity index (χ3n) is 10.4. The van der Waals surface area contributed by atoms with E-state index in [0.717, 1.165) is 43.0 Å². The third-order valence-corrected chi connectivity index (χ3v) is 14.9. The molecule has 0 bridgehead atoms. The fourth-order valence-electron chi connectivity index (χ4n) is 6.94. The van der Waals surface area contributed by atoms with E-state index < -0.39 is 55.0 Å². The van der Waals surface area contributed by atoms with Gasteiger partial charge in [0.2, 0.25) is 0 Å². The van der Waals surface area contributed by atoms with Crippen LogP contribution in [0.25, 0.3) is 11.1 Å². The fraction of sp³-hybridized carbons (Fsp3) is 0.541. The van der Waals surface area contributed by atoms with Gasteiger partial charge in [-0.1, -0.05) is 66.5 Å². The quantitative estimate of drug-likeness (QED) is 0.145. The van der Waals surface area contributed by atoms with Crippen LogP contribution in [0.4, 0.5) is 22.0 Å². The molecule has 5 rings (SSSR count). The molecule has 1 aromatic heterocycles. The van der Waals surface area contributed by atoms with Crippen LogP contribution in [0, 0.1) is 28.7 Å².